The molecule has 0 aliphatic carbocycles. The molecule has 12 N–H and O–H groups in total. The van der Waals surface area contributed by atoms with E-state index in [9.17, 15) is 19.2 Å². The smallest absolute Gasteiger partial charge is 0.226 e. The van der Waals surface area contributed by atoms with Crippen molar-refractivity contribution >= 4 is 64.5 Å². The van der Waals surface area contributed by atoms with Gasteiger partial charge in [-0.3, -0.25) is 49.8 Å². The number of nitrogens with two attached hydrogens (primary N) is 3. The number of fused-ring (bicyclic) bond motifs is 4. The topological polar surface area (TPSA) is 271 Å². The van der Waals surface area contributed by atoms with E-state index in [-0.39, 0.29) is 105 Å². The SMILES string of the molecule is NC1=NCCC(=O)NCc2cc(cc3c2NC(=O)CCN=C(N2CC2)NC(N)=NCCC(=O)N3)NC(=O)CCN=C(N)N1. The highest BCUT2D eigenvalue weighted by Gasteiger charge is 2.23. The van der Waals surface area contributed by atoms with Crippen LogP contribution in [0.1, 0.15) is 31.2 Å². The first-order chi connectivity index (χ1) is 20.7. The van der Waals surface area contributed by atoms with Crippen LogP contribution < -0.4 is 49.1 Å². The first kappa shape index (κ1) is 30.5. The molecule has 1 aromatic carbocycles. The number of nitrogens with one attached hydrogen (secondary N) is 6. The summed E-state index contributed by atoms with van der Waals surface area (Å²) in [5.74, 6) is -0.970. The molecule has 3 aliphatic rings. The van der Waals surface area contributed by atoms with Gasteiger partial charge in [0.25, 0.3) is 0 Å². The number of aliphatic imine (C=N–C) groups is 4. The molecule has 0 spiro atoms. The Morgan fingerprint density at radius 1 is 0.605 bits per heavy atom. The van der Waals surface area contributed by atoms with E-state index in [1.165, 1.54) is 6.07 Å². The highest BCUT2D eigenvalue weighted by atomic mass is 16.2. The molecule has 2 bridgehead atoms. The van der Waals surface area contributed by atoms with Gasteiger partial charge in [-0.1, -0.05) is 0 Å². The van der Waals surface area contributed by atoms with E-state index in [1.54, 1.807) is 6.07 Å². The Bertz CT molecular complexity index is 1380. The maximum absolute atomic E-state index is 13.0. The van der Waals surface area contributed by atoms with E-state index in [4.69, 9.17) is 17.2 Å². The Morgan fingerprint density at radius 3 is 1.77 bits per heavy atom. The van der Waals surface area contributed by atoms with Gasteiger partial charge in [0.05, 0.1) is 37.6 Å². The summed E-state index contributed by atoms with van der Waals surface area (Å²) in [4.78, 5) is 69.9. The summed E-state index contributed by atoms with van der Waals surface area (Å²) in [6.45, 7) is 1.94. The monoisotopic (exact) mass is 596 g/mol. The Morgan fingerprint density at radius 2 is 1.14 bits per heavy atom. The molecule has 0 unspecified atom stereocenters. The van der Waals surface area contributed by atoms with Crippen LogP contribution in [0.15, 0.2) is 32.1 Å². The fourth-order valence-electron chi connectivity index (χ4n) is 4.02. The lowest BCUT2D eigenvalue weighted by Gasteiger charge is -2.19. The summed E-state index contributed by atoms with van der Waals surface area (Å²) in [6.07, 6.45) is -0.00811. The summed E-state index contributed by atoms with van der Waals surface area (Å²) < 4.78 is 0. The number of hydrogen-bond acceptors (Lipinski definition) is 14. The van der Waals surface area contributed by atoms with Crippen molar-refractivity contribution in [3.63, 3.8) is 0 Å². The summed E-state index contributed by atoms with van der Waals surface area (Å²) >= 11 is 0. The minimum Gasteiger partial charge on any atom is -0.370 e. The zero-order valence-electron chi connectivity index (χ0n) is 23.5. The molecule has 18 heteroatoms. The third-order valence-electron chi connectivity index (χ3n) is 6.22. The Kier molecular flexibility index (Phi) is 10.3. The molecule has 4 amide bonds. The third-order valence-corrected chi connectivity index (χ3v) is 6.22. The number of carbonyl (C=O) groups excluding carboxylic acids is 4. The predicted molar refractivity (Wildman–Crippen MR) is 162 cm³/mol. The zero-order valence-corrected chi connectivity index (χ0v) is 23.5. The lowest BCUT2D eigenvalue weighted by Crippen LogP contribution is -2.42. The summed E-state index contributed by atoms with van der Waals surface area (Å²) in [6, 6.07) is 3.13. The van der Waals surface area contributed by atoms with Crippen molar-refractivity contribution in [3.8, 4) is 0 Å². The summed E-state index contributed by atoms with van der Waals surface area (Å²) in [5.41, 5.74) is 18.8. The predicted octanol–water partition coefficient (Wildman–Crippen LogP) is -2.50. The molecule has 0 radical (unpaired) electrons. The molecular weight excluding hydrogens is 560 g/mol. The van der Waals surface area contributed by atoms with Gasteiger partial charge in [-0.2, -0.15) is 0 Å². The van der Waals surface area contributed by atoms with E-state index in [1.807, 2.05) is 4.90 Å². The van der Waals surface area contributed by atoms with Gasteiger partial charge in [-0.15, -0.1) is 0 Å². The number of nitrogens with zero attached hydrogens (tertiary/aromatic N) is 5. The minimum atomic E-state index is -0.411. The third kappa shape index (κ3) is 9.87. The van der Waals surface area contributed by atoms with Crippen molar-refractivity contribution < 1.29 is 19.2 Å². The Labute approximate surface area is 247 Å². The van der Waals surface area contributed by atoms with Crippen molar-refractivity contribution in [1.82, 2.24) is 20.9 Å². The molecule has 1 aromatic rings. The van der Waals surface area contributed by atoms with Crippen LogP contribution in [0, 0.1) is 0 Å². The van der Waals surface area contributed by atoms with Crippen molar-refractivity contribution in [1.29, 1.82) is 0 Å². The molecule has 230 valence electrons. The van der Waals surface area contributed by atoms with Crippen LogP contribution >= 0.6 is 0 Å². The van der Waals surface area contributed by atoms with Gasteiger partial charge in [0.1, 0.15) is 0 Å². The maximum atomic E-state index is 13.0. The molecule has 18 nitrogen and oxygen atoms in total. The Balaban J connectivity index is 1.65. The second-order valence-electron chi connectivity index (χ2n) is 9.72. The van der Waals surface area contributed by atoms with Gasteiger partial charge >= 0.3 is 0 Å². The average molecular weight is 597 g/mol. The number of amides is 4. The molecule has 3 aliphatic heterocycles. The van der Waals surface area contributed by atoms with Gasteiger partial charge in [0.15, 0.2) is 17.9 Å². The van der Waals surface area contributed by atoms with E-state index < -0.39 is 5.91 Å². The van der Waals surface area contributed by atoms with Crippen LogP contribution in [-0.4, -0.2) is 91.6 Å². The van der Waals surface area contributed by atoms with Crippen molar-refractivity contribution in [2.24, 2.45) is 37.2 Å². The van der Waals surface area contributed by atoms with E-state index in [2.05, 4.69) is 51.9 Å². The van der Waals surface area contributed by atoms with E-state index >= 15 is 0 Å². The largest absolute Gasteiger partial charge is 0.370 e. The van der Waals surface area contributed by atoms with Crippen LogP contribution in [0.3, 0.4) is 0 Å². The summed E-state index contributed by atoms with van der Waals surface area (Å²) in [7, 11) is 0. The van der Waals surface area contributed by atoms with Crippen LogP contribution in [0.2, 0.25) is 0 Å². The molecule has 1 fully saturated rings. The molecule has 1 saturated heterocycles. The molecular formula is C25H36N14O4. The van der Waals surface area contributed by atoms with Crippen LogP contribution in [-0.2, 0) is 25.7 Å². The van der Waals surface area contributed by atoms with Gasteiger partial charge in [0.2, 0.25) is 29.6 Å². The fraction of sp³-hybridized carbons (Fsp3) is 0.440. The highest BCUT2D eigenvalue weighted by Crippen LogP contribution is 2.32. The van der Waals surface area contributed by atoms with Gasteiger partial charge in [0, 0.05) is 51.0 Å². The molecule has 0 aromatic heterocycles. The zero-order chi connectivity index (χ0) is 30.8. The number of benzene rings is 1. The van der Waals surface area contributed by atoms with Crippen LogP contribution in [0.5, 0.6) is 0 Å². The van der Waals surface area contributed by atoms with E-state index in [0.29, 0.717) is 17.2 Å². The first-order valence-electron chi connectivity index (χ1n) is 13.7. The molecule has 4 rings (SSSR count). The molecule has 0 saturated carbocycles. The quantitative estimate of drug-likeness (QED) is 0.142. The number of guanidine groups is 4. The maximum Gasteiger partial charge on any atom is 0.226 e. The second kappa shape index (κ2) is 14.5. The highest BCUT2D eigenvalue weighted by molar-refractivity contribution is 6.03. The fourth-order valence-corrected chi connectivity index (χ4v) is 4.02. The molecule has 3 heterocycles. The van der Waals surface area contributed by atoms with Gasteiger partial charge in [-0.05, 0) is 17.7 Å². The number of anilines is 3. The minimum absolute atomic E-state index is 0.0101. The van der Waals surface area contributed by atoms with Gasteiger partial charge < -0.3 is 43.4 Å². The molecule has 0 atom stereocenters. The second-order valence-corrected chi connectivity index (χ2v) is 9.72. The lowest BCUT2D eigenvalue weighted by molar-refractivity contribution is -0.121. The van der Waals surface area contributed by atoms with E-state index in [0.717, 1.165) is 13.1 Å². The summed E-state index contributed by atoms with van der Waals surface area (Å²) in [5, 5.41) is 16.7. The number of hydrogen-bond donors (Lipinski definition) is 9. The van der Waals surface area contributed by atoms with Crippen LogP contribution in [0.25, 0.3) is 0 Å². The normalized spacial score (nSPS) is 19.8. The lowest BCUT2D eigenvalue weighted by atomic mass is 10.1. The average Bonchev–Trinajstić information content (AvgIpc) is 3.77. The Hall–Kier alpha value is -5.42. The number of carbonyl (C=O) groups is 4. The van der Waals surface area contributed by atoms with Gasteiger partial charge in [-0.25, -0.2) is 0 Å². The number of rotatable bonds is 0. The standard InChI is InChI=1S/C25H36N14O4/c26-22-29-5-1-17(40)33-13-14-11-15(34-18(41)2-6-30-23(27)37-22)12-16-21(14)36-20(43)4-8-32-25(39-9-10-39)38-24(28)31-7-3-19(42)35-16/h11-12H,1-10,13H2,(H,33,40)(H,34,41)(H,35,42)(H,36,43)(H3,28,31,32,38)(H5,26,27,29,30,37). The van der Waals surface area contributed by atoms with Crippen molar-refractivity contribution in [3.05, 3.63) is 17.7 Å². The van der Waals surface area contributed by atoms with Crippen LogP contribution in [0.4, 0.5) is 17.1 Å². The molecule has 43 heavy (non-hydrogen) atoms. The van der Waals surface area contributed by atoms with Crippen molar-refractivity contribution in [2.45, 2.75) is 32.2 Å². The first-order valence-corrected chi connectivity index (χ1v) is 13.7. The van der Waals surface area contributed by atoms with Crippen molar-refractivity contribution in [2.75, 3.05) is 55.2 Å².